The minimum absolute atomic E-state index is 1.35. The zero-order chi connectivity index (χ0) is 26.7. The van der Waals surface area contributed by atoms with Gasteiger partial charge in [-0.1, -0.05) is 0 Å². The van der Waals surface area contributed by atoms with Crippen molar-refractivity contribution in [1.82, 2.24) is 0 Å². The Morgan fingerprint density at radius 2 is 1.03 bits per heavy atom. The van der Waals surface area contributed by atoms with Gasteiger partial charge in [0.05, 0.1) is 0 Å². The van der Waals surface area contributed by atoms with Crippen molar-refractivity contribution >= 4 is 65.5 Å². The molecule has 0 aliphatic rings. The van der Waals surface area contributed by atoms with Crippen LogP contribution in [-0.2, 0) is 0 Å². The van der Waals surface area contributed by atoms with Gasteiger partial charge in [-0.3, -0.25) is 0 Å². The van der Waals surface area contributed by atoms with E-state index in [1.807, 2.05) is 3.58 Å². The SMILES string of the molecule is CCC[CH2][Sn]([CH2]CCC)([CH2]CCC)[c]1cccc2ccccc12.[CH3][Sn]([CH3])([CH3])[c]1ccc2ccccc2c1. The topological polar surface area (TPSA) is 0 Å². The Balaban J connectivity index is 0.000000231. The Labute approximate surface area is 236 Å². The second-order valence-corrected chi connectivity index (χ2v) is 39.5. The summed E-state index contributed by atoms with van der Waals surface area (Å²) in [6.07, 6.45) is 8.36. The molecule has 0 saturated heterocycles. The molecule has 0 spiro atoms. The van der Waals surface area contributed by atoms with E-state index in [1.54, 1.807) is 22.3 Å². The Morgan fingerprint density at radius 1 is 0.514 bits per heavy atom. The third-order valence-electron chi connectivity index (χ3n) is 8.00. The summed E-state index contributed by atoms with van der Waals surface area (Å²) in [7, 11) is 0. The fourth-order valence-electron chi connectivity index (χ4n) is 5.67. The Morgan fingerprint density at radius 3 is 1.59 bits per heavy atom. The number of hydrogen-bond donors (Lipinski definition) is 0. The van der Waals surface area contributed by atoms with Gasteiger partial charge in [0.15, 0.2) is 0 Å². The van der Waals surface area contributed by atoms with Crippen LogP contribution in [0, 0.1) is 0 Å². The monoisotopic (exact) mass is 710 g/mol. The van der Waals surface area contributed by atoms with E-state index in [9.17, 15) is 0 Å². The van der Waals surface area contributed by atoms with Crippen molar-refractivity contribution in [2.75, 3.05) is 0 Å². The summed E-state index contributed by atoms with van der Waals surface area (Å²) in [6.45, 7) is 7.08. The van der Waals surface area contributed by atoms with E-state index in [2.05, 4.69) is 121 Å². The first kappa shape index (κ1) is 30.5. The van der Waals surface area contributed by atoms with Crippen LogP contribution in [0.3, 0.4) is 0 Å². The third kappa shape index (κ3) is 8.49. The van der Waals surface area contributed by atoms with Gasteiger partial charge in [-0.25, -0.2) is 0 Å². The average molecular weight is 708 g/mol. The Hall–Kier alpha value is -1.00. The first-order valence-corrected chi connectivity index (χ1v) is 32.3. The van der Waals surface area contributed by atoms with Crippen LogP contribution in [-0.4, -0.2) is 36.8 Å². The second kappa shape index (κ2) is 15.0. The summed E-state index contributed by atoms with van der Waals surface area (Å²) in [5.41, 5.74) is 0. The minimum atomic E-state index is -2.31. The van der Waals surface area contributed by atoms with Crippen molar-refractivity contribution in [2.45, 2.75) is 87.4 Å². The zero-order valence-corrected chi connectivity index (χ0v) is 30.2. The van der Waals surface area contributed by atoms with Crippen molar-refractivity contribution in [1.29, 1.82) is 0 Å². The van der Waals surface area contributed by atoms with Crippen LogP contribution in [0.15, 0.2) is 84.9 Å². The van der Waals surface area contributed by atoms with Crippen LogP contribution in [0.25, 0.3) is 21.5 Å². The van der Waals surface area contributed by atoms with E-state index in [0.717, 1.165) is 0 Å². The summed E-state index contributed by atoms with van der Waals surface area (Å²) in [4.78, 5) is 7.37. The van der Waals surface area contributed by atoms with Gasteiger partial charge in [0.1, 0.15) is 0 Å². The van der Waals surface area contributed by atoms with Crippen molar-refractivity contribution < 1.29 is 0 Å². The van der Waals surface area contributed by atoms with Crippen molar-refractivity contribution in [3.8, 4) is 0 Å². The standard InChI is InChI=1S/2C10H7.3C4H9.3CH3.2Sn/c2*1-2-6-10-8-4-3-7-9(10)5-1;3*1-3-4-2;;;;;/h1-3,5-8H;1-7H;3*1,3-4H2,2H3;3*1H3;;. The predicted molar refractivity (Wildman–Crippen MR) is 175 cm³/mol. The molecule has 4 aromatic rings. The molecule has 0 unspecified atom stereocenters. The summed E-state index contributed by atoms with van der Waals surface area (Å²) < 4.78 is 8.10. The molecule has 0 aliphatic heterocycles. The summed E-state index contributed by atoms with van der Waals surface area (Å²) >= 11 is -4.17. The number of rotatable bonds is 11. The molecule has 0 radical (unpaired) electrons. The van der Waals surface area contributed by atoms with Gasteiger partial charge >= 0.3 is 238 Å². The molecule has 4 aromatic carbocycles. The van der Waals surface area contributed by atoms with E-state index < -0.39 is 36.8 Å². The Bertz CT molecular complexity index is 1210. The fraction of sp³-hybridized carbons (Fsp3) is 0.429. The summed E-state index contributed by atoms with van der Waals surface area (Å²) in [6, 6.07) is 31.8. The predicted octanol–water partition coefficient (Wildman–Crippen LogP) is 10.3. The van der Waals surface area contributed by atoms with Gasteiger partial charge in [0, 0.05) is 0 Å². The van der Waals surface area contributed by atoms with Crippen LogP contribution >= 0.6 is 0 Å². The molecule has 0 bridgehead atoms. The van der Waals surface area contributed by atoms with Crippen LogP contribution in [0.1, 0.15) is 59.3 Å². The van der Waals surface area contributed by atoms with E-state index in [0.29, 0.717) is 0 Å². The molecule has 0 N–H and O–H groups in total. The summed E-state index contributed by atoms with van der Waals surface area (Å²) in [5, 5.41) is 5.77. The summed E-state index contributed by atoms with van der Waals surface area (Å²) in [5.74, 6) is 0. The molecule has 2 heteroatoms. The van der Waals surface area contributed by atoms with Gasteiger partial charge in [-0.05, 0) is 0 Å². The van der Waals surface area contributed by atoms with Gasteiger partial charge < -0.3 is 0 Å². The molecule has 4 rings (SSSR count). The molecule has 198 valence electrons. The normalized spacial score (nSPS) is 11.9. The Kier molecular flexibility index (Phi) is 12.3. The van der Waals surface area contributed by atoms with E-state index in [-0.39, 0.29) is 0 Å². The molecule has 37 heavy (non-hydrogen) atoms. The van der Waals surface area contributed by atoms with Gasteiger partial charge in [0.25, 0.3) is 0 Å². The van der Waals surface area contributed by atoms with Crippen LogP contribution in [0.5, 0.6) is 0 Å². The van der Waals surface area contributed by atoms with Crippen molar-refractivity contribution in [2.24, 2.45) is 0 Å². The first-order chi connectivity index (χ1) is 17.8. The van der Waals surface area contributed by atoms with Crippen LogP contribution in [0.4, 0.5) is 0 Å². The van der Waals surface area contributed by atoms with Crippen molar-refractivity contribution in [3.63, 3.8) is 0 Å². The van der Waals surface area contributed by atoms with Gasteiger partial charge in [-0.2, -0.15) is 0 Å². The first-order valence-electron chi connectivity index (χ1n) is 14.8. The zero-order valence-electron chi connectivity index (χ0n) is 24.4. The molecule has 0 aromatic heterocycles. The molecule has 0 amide bonds. The molecular weight excluding hydrogens is 658 g/mol. The van der Waals surface area contributed by atoms with Gasteiger partial charge in [0.2, 0.25) is 0 Å². The second-order valence-electron chi connectivity index (χ2n) is 11.9. The quantitative estimate of drug-likeness (QED) is 0.136. The molecule has 0 saturated carbocycles. The van der Waals surface area contributed by atoms with Crippen LogP contribution in [0.2, 0.25) is 28.1 Å². The fourth-order valence-corrected chi connectivity index (χ4v) is 25.8. The number of benzene rings is 4. The molecular formula is C35H50Sn2. The number of unbranched alkanes of at least 4 members (excludes halogenated alkanes) is 3. The van der Waals surface area contributed by atoms with E-state index in [1.165, 1.54) is 54.7 Å². The molecule has 0 aliphatic carbocycles. The van der Waals surface area contributed by atoms with E-state index >= 15 is 0 Å². The number of hydrogen-bond acceptors (Lipinski definition) is 0. The third-order valence-corrected chi connectivity index (χ3v) is 29.6. The number of fused-ring (bicyclic) bond motifs is 2. The maximum atomic E-state index is 2.51. The van der Waals surface area contributed by atoms with Crippen LogP contribution < -0.4 is 7.16 Å². The molecule has 0 heterocycles. The average Bonchev–Trinajstić information content (AvgIpc) is 2.92. The molecule has 0 nitrogen and oxygen atoms in total. The molecule has 0 fully saturated rings. The molecule has 0 atom stereocenters. The van der Waals surface area contributed by atoms with E-state index in [4.69, 9.17) is 0 Å². The maximum absolute atomic E-state index is 2.51. The van der Waals surface area contributed by atoms with Gasteiger partial charge in [-0.15, -0.1) is 0 Å². The van der Waals surface area contributed by atoms with Crippen molar-refractivity contribution in [3.05, 3.63) is 84.9 Å².